The van der Waals surface area contributed by atoms with Gasteiger partial charge in [-0.1, -0.05) is 13.0 Å². The van der Waals surface area contributed by atoms with Crippen molar-refractivity contribution in [2.75, 3.05) is 6.54 Å². The molecule has 4 nitrogen and oxygen atoms in total. The Kier molecular flexibility index (Phi) is 5.17. The molecule has 0 saturated carbocycles. The van der Waals surface area contributed by atoms with Crippen molar-refractivity contribution in [2.45, 2.75) is 40.2 Å². The van der Waals surface area contributed by atoms with Crippen LogP contribution in [0.25, 0.3) is 0 Å². The van der Waals surface area contributed by atoms with Crippen LogP contribution in [0.4, 0.5) is 0 Å². The predicted octanol–water partition coefficient (Wildman–Crippen LogP) is 3.40. The second-order valence-corrected chi connectivity index (χ2v) is 6.20. The first-order chi connectivity index (χ1) is 9.93. The summed E-state index contributed by atoms with van der Waals surface area (Å²) in [5.41, 5.74) is 5.65. The Morgan fingerprint density at radius 2 is 1.95 bits per heavy atom. The van der Waals surface area contributed by atoms with Crippen molar-refractivity contribution in [3.05, 3.63) is 44.9 Å². The molecule has 0 aliphatic heterocycles. The lowest BCUT2D eigenvalue weighted by Crippen LogP contribution is -2.25. The van der Waals surface area contributed by atoms with Crippen LogP contribution >= 0.6 is 15.9 Å². The largest absolute Gasteiger partial charge is 0.310 e. The van der Waals surface area contributed by atoms with Crippen molar-refractivity contribution in [3.8, 4) is 0 Å². The SMILES string of the molecule is CCNC(Cc1c(Br)c(C)nn1C)c1ccc(C)nc1C. The highest BCUT2D eigenvalue weighted by Crippen LogP contribution is 2.27. The second-order valence-electron chi connectivity index (χ2n) is 5.41. The Balaban J connectivity index is 2.35. The molecule has 21 heavy (non-hydrogen) atoms. The quantitative estimate of drug-likeness (QED) is 0.898. The summed E-state index contributed by atoms with van der Waals surface area (Å²) in [6, 6.07) is 4.51. The van der Waals surface area contributed by atoms with E-state index in [0.29, 0.717) is 0 Å². The zero-order valence-corrected chi connectivity index (χ0v) is 15.0. The molecule has 0 spiro atoms. The van der Waals surface area contributed by atoms with Crippen molar-refractivity contribution in [1.82, 2.24) is 20.1 Å². The molecule has 0 fully saturated rings. The molecular formula is C16H23BrN4. The van der Waals surface area contributed by atoms with Crippen LogP contribution in [0, 0.1) is 20.8 Å². The highest BCUT2D eigenvalue weighted by atomic mass is 79.9. The molecule has 2 aromatic heterocycles. The van der Waals surface area contributed by atoms with Crippen LogP contribution in [-0.2, 0) is 13.5 Å². The van der Waals surface area contributed by atoms with E-state index in [0.717, 1.165) is 34.5 Å². The lowest BCUT2D eigenvalue weighted by molar-refractivity contribution is 0.523. The number of aryl methyl sites for hydroxylation is 4. The van der Waals surface area contributed by atoms with Gasteiger partial charge in [0.1, 0.15) is 0 Å². The summed E-state index contributed by atoms with van der Waals surface area (Å²) in [6.07, 6.45) is 0.886. The molecule has 0 aliphatic rings. The maximum Gasteiger partial charge on any atom is 0.0738 e. The van der Waals surface area contributed by atoms with Crippen LogP contribution in [0.2, 0.25) is 0 Å². The third kappa shape index (κ3) is 3.52. The summed E-state index contributed by atoms with van der Waals surface area (Å²) in [5.74, 6) is 0. The Hall–Kier alpha value is -1.20. The maximum absolute atomic E-state index is 4.59. The molecule has 0 saturated heterocycles. The Morgan fingerprint density at radius 3 is 2.48 bits per heavy atom. The third-order valence-corrected chi connectivity index (χ3v) is 4.78. The fourth-order valence-electron chi connectivity index (χ4n) is 2.70. The normalized spacial score (nSPS) is 12.7. The number of nitrogens with one attached hydrogen (secondary N) is 1. The van der Waals surface area contributed by atoms with Gasteiger partial charge < -0.3 is 5.32 Å². The highest BCUT2D eigenvalue weighted by Gasteiger charge is 2.19. The monoisotopic (exact) mass is 350 g/mol. The fraction of sp³-hybridized carbons (Fsp3) is 0.500. The number of nitrogens with zero attached hydrogens (tertiary/aromatic N) is 3. The number of rotatable bonds is 5. The van der Waals surface area contributed by atoms with E-state index in [9.17, 15) is 0 Å². The topological polar surface area (TPSA) is 42.7 Å². The number of hydrogen-bond acceptors (Lipinski definition) is 3. The summed E-state index contributed by atoms with van der Waals surface area (Å²) in [7, 11) is 2.00. The van der Waals surface area contributed by atoms with E-state index in [-0.39, 0.29) is 6.04 Å². The predicted molar refractivity (Wildman–Crippen MR) is 89.5 cm³/mol. The first-order valence-electron chi connectivity index (χ1n) is 7.29. The molecule has 1 N–H and O–H groups in total. The highest BCUT2D eigenvalue weighted by molar-refractivity contribution is 9.10. The van der Waals surface area contributed by atoms with Gasteiger partial charge in [-0.3, -0.25) is 9.67 Å². The molecule has 2 heterocycles. The van der Waals surface area contributed by atoms with Gasteiger partial charge in [0.25, 0.3) is 0 Å². The maximum atomic E-state index is 4.59. The van der Waals surface area contributed by atoms with Crippen molar-refractivity contribution < 1.29 is 0 Å². The van der Waals surface area contributed by atoms with E-state index < -0.39 is 0 Å². The van der Waals surface area contributed by atoms with Gasteiger partial charge in [0.2, 0.25) is 0 Å². The summed E-state index contributed by atoms with van der Waals surface area (Å²) in [4.78, 5) is 4.59. The molecule has 2 aromatic rings. The molecule has 114 valence electrons. The molecular weight excluding hydrogens is 328 g/mol. The Labute approximate surface area is 135 Å². The Bertz CT molecular complexity index is 633. The van der Waals surface area contributed by atoms with Gasteiger partial charge >= 0.3 is 0 Å². The van der Waals surface area contributed by atoms with Gasteiger partial charge in [-0.25, -0.2) is 0 Å². The number of pyridine rings is 1. The van der Waals surface area contributed by atoms with Crippen LogP contribution in [-0.4, -0.2) is 21.3 Å². The lowest BCUT2D eigenvalue weighted by atomic mass is 10.00. The van der Waals surface area contributed by atoms with E-state index in [1.165, 1.54) is 11.3 Å². The first-order valence-corrected chi connectivity index (χ1v) is 8.08. The number of aromatic nitrogens is 3. The van der Waals surface area contributed by atoms with Gasteiger partial charge in [-0.15, -0.1) is 0 Å². The van der Waals surface area contributed by atoms with E-state index in [1.54, 1.807) is 0 Å². The van der Waals surface area contributed by atoms with Crippen LogP contribution in [0.3, 0.4) is 0 Å². The fourth-order valence-corrected chi connectivity index (χ4v) is 3.20. The lowest BCUT2D eigenvalue weighted by Gasteiger charge is -2.20. The molecule has 0 bridgehead atoms. The van der Waals surface area contributed by atoms with E-state index in [1.807, 2.05) is 25.6 Å². The van der Waals surface area contributed by atoms with Gasteiger partial charge in [0.05, 0.1) is 15.9 Å². The summed E-state index contributed by atoms with van der Waals surface area (Å²) in [6.45, 7) is 9.19. The van der Waals surface area contributed by atoms with Gasteiger partial charge in [-0.2, -0.15) is 5.10 Å². The smallest absolute Gasteiger partial charge is 0.0738 e. The Morgan fingerprint density at radius 1 is 1.24 bits per heavy atom. The van der Waals surface area contributed by atoms with Crippen molar-refractivity contribution >= 4 is 15.9 Å². The van der Waals surface area contributed by atoms with Crippen LogP contribution in [0.1, 0.15) is 41.3 Å². The molecule has 1 unspecified atom stereocenters. The zero-order valence-electron chi connectivity index (χ0n) is 13.4. The number of likely N-dealkylation sites (N-methyl/N-ethyl adjacent to an activating group) is 1. The third-order valence-electron chi connectivity index (χ3n) is 3.75. The molecule has 0 amide bonds. The van der Waals surface area contributed by atoms with Crippen LogP contribution in [0.5, 0.6) is 0 Å². The molecule has 0 aromatic carbocycles. The van der Waals surface area contributed by atoms with Crippen molar-refractivity contribution in [1.29, 1.82) is 0 Å². The van der Waals surface area contributed by atoms with Crippen molar-refractivity contribution in [2.24, 2.45) is 7.05 Å². The minimum atomic E-state index is 0.245. The van der Waals surface area contributed by atoms with E-state index in [4.69, 9.17) is 0 Å². The summed E-state index contributed by atoms with van der Waals surface area (Å²) < 4.78 is 3.06. The average molecular weight is 351 g/mol. The minimum absolute atomic E-state index is 0.245. The van der Waals surface area contributed by atoms with E-state index in [2.05, 4.69) is 57.3 Å². The molecule has 0 aliphatic carbocycles. The molecule has 1 atom stereocenters. The zero-order chi connectivity index (χ0) is 15.6. The van der Waals surface area contributed by atoms with Crippen LogP contribution in [0.15, 0.2) is 16.6 Å². The molecule has 2 rings (SSSR count). The summed E-state index contributed by atoms with van der Waals surface area (Å²) >= 11 is 3.66. The van der Waals surface area contributed by atoms with Gasteiger partial charge in [-0.05, 0) is 54.9 Å². The van der Waals surface area contributed by atoms with Gasteiger partial charge in [0, 0.05) is 30.9 Å². The molecule has 0 radical (unpaired) electrons. The molecule has 5 heteroatoms. The average Bonchev–Trinajstić information content (AvgIpc) is 2.65. The number of halogens is 1. The first kappa shape index (κ1) is 16.2. The second kappa shape index (κ2) is 6.71. The summed E-state index contributed by atoms with van der Waals surface area (Å²) in [5, 5.41) is 8.05. The number of hydrogen-bond donors (Lipinski definition) is 1. The standard InChI is InChI=1S/C16H23BrN4/c1-6-18-14(13-8-7-10(2)19-11(13)3)9-15-16(17)12(4)20-21(15)5/h7-8,14,18H,6,9H2,1-5H3. The minimum Gasteiger partial charge on any atom is -0.310 e. The van der Waals surface area contributed by atoms with Gasteiger partial charge in [0.15, 0.2) is 0 Å². The van der Waals surface area contributed by atoms with Crippen LogP contribution < -0.4 is 5.32 Å². The van der Waals surface area contributed by atoms with E-state index >= 15 is 0 Å². The van der Waals surface area contributed by atoms with Crippen molar-refractivity contribution in [3.63, 3.8) is 0 Å².